The average molecular weight is 456 g/mol. The Hall–Kier alpha value is -3.13. The molecule has 0 amide bonds. The molecule has 0 aliphatic rings. The predicted octanol–water partition coefficient (Wildman–Crippen LogP) is 3.91. The third-order valence-corrected chi connectivity index (χ3v) is 6.39. The summed E-state index contributed by atoms with van der Waals surface area (Å²) in [5, 5.41) is 12.7. The number of anilines is 2. The van der Waals surface area contributed by atoms with Crippen LogP contribution in [-0.4, -0.2) is 36.1 Å². The highest BCUT2D eigenvalue weighted by atomic mass is 32.2. The van der Waals surface area contributed by atoms with Crippen LogP contribution in [-0.2, 0) is 15.8 Å². The molecular weight excluding hydrogens is 434 g/mol. The third-order valence-electron chi connectivity index (χ3n) is 4.10. The van der Waals surface area contributed by atoms with Crippen molar-refractivity contribution in [2.75, 3.05) is 16.6 Å². The van der Waals surface area contributed by atoms with Crippen LogP contribution in [0, 0.1) is 6.57 Å². The standard InChI is InChI=1S/C21H21N5O3S2/c1-15(13-27)23-19-12-20(25-21(24-19)30-14-16-6-4-3-5-7-16)26-31(28,29)18-10-8-17(22-2)9-11-18/h3-12,15,27H,13-14H2,1H3,(H2,23,24,25,26)/t15-/m1/s1. The summed E-state index contributed by atoms with van der Waals surface area (Å²) in [6.07, 6.45) is 0. The Morgan fingerprint density at radius 3 is 2.42 bits per heavy atom. The zero-order valence-corrected chi connectivity index (χ0v) is 18.3. The van der Waals surface area contributed by atoms with Crippen molar-refractivity contribution in [2.24, 2.45) is 0 Å². The summed E-state index contributed by atoms with van der Waals surface area (Å²) in [6, 6.07) is 16.6. The normalized spacial score (nSPS) is 12.0. The van der Waals surface area contributed by atoms with Crippen LogP contribution in [0.1, 0.15) is 12.5 Å². The number of hydrogen-bond acceptors (Lipinski definition) is 7. The van der Waals surface area contributed by atoms with Gasteiger partial charge in [0.05, 0.1) is 18.1 Å². The van der Waals surface area contributed by atoms with Crippen molar-refractivity contribution >= 4 is 39.1 Å². The van der Waals surface area contributed by atoms with E-state index in [1.165, 1.54) is 42.1 Å². The monoisotopic (exact) mass is 455 g/mol. The van der Waals surface area contributed by atoms with E-state index in [0.29, 0.717) is 22.4 Å². The Morgan fingerprint density at radius 1 is 1.10 bits per heavy atom. The van der Waals surface area contributed by atoms with Crippen LogP contribution in [0.3, 0.4) is 0 Å². The van der Waals surface area contributed by atoms with Crippen LogP contribution in [0.5, 0.6) is 0 Å². The minimum atomic E-state index is -3.90. The summed E-state index contributed by atoms with van der Waals surface area (Å²) >= 11 is 1.37. The third kappa shape index (κ3) is 6.42. The topological polar surface area (TPSA) is 109 Å². The lowest BCUT2D eigenvalue weighted by atomic mass is 10.2. The largest absolute Gasteiger partial charge is 0.394 e. The van der Waals surface area contributed by atoms with Gasteiger partial charge in [-0.05, 0) is 12.5 Å². The first-order chi connectivity index (χ1) is 14.9. The van der Waals surface area contributed by atoms with Crippen LogP contribution >= 0.6 is 11.8 Å². The Bertz CT molecular complexity index is 1160. The Balaban J connectivity index is 1.86. The van der Waals surface area contributed by atoms with Gasteiger partial charge in [0, 0.05) is 17.9 Å². The van der Waals surface area contributed by atoms with Gasteiger partial charge in [0.2, 0.25) is 0 Å². The molecule has 0 saturated heterocycles. The molecule has 2 aromatic carbocycles. The molecule has 3 aromatic rings. The summed E-state index contributed by atoms with van der Waals surface area (Å²) < 4.78 is 28.0. The first kappa shape index (κ1) is 22.6. The number of aliphatic hydroxyl groups is 1. The van der Waals surface area contributed by atoms with E-state index >= 15 is 0 Å². The van der Waals surface area contributed by atoms with Gasteiger partial charge in [-0.15, -0.1) is 0 Å². The molecule has 160 valence electrons. The molecule has 0 radical (unpaired) electrons. The molecule has 31 heavy (non-hydrogen) atoms. The second-order valence-electron chi connectivity index (χ2n) is 6.63. The van der Waals surface area contributed by atoms with E-state index in [-0.39, 0.29) is 23.4 Å². The van der Waals surface area contributed by atoms with E-state index in [9.17, 15) is 13.5 Å². The number of nitrogens with one attached hydrogen (secondary N) is 2. The molecule has 0 aliphatic carbocycles. The lowest BCUT2D eigenvalue weighted by molar-refractivity contribution is 0.281. The van der Waals surface area contributed by atoms with E-state index < -0.39 is 10.0 Å². The van der Waals surface area contributed by atoms with Crippen LogP contribution in [0.2, 0.25) is 0 Å². The summed E-state index contributed by atoms with van der Waals surface area (Å²) in [7, 11) is -3.90. The Kier molecular flexibility index (Phi) is 7.46. The number of benzene rings is 2. The van der Waals surface area contributed by atoms with E-state index in [2.05, 4.69) is 24.9 Å². The van der Waals surface area contributed by atoms with Crippen LogP contribution in [0.4, 0.5) is 17.3 Å². The molecule has 1 heterocycles. The van der Waals surface area contributed by atoms with Gasteiger partial charge in [0.1, 0.15) is 11.6 Å². The van der Waals surface area contributed by atoms with Crippen molar-refractivity contribution in [3.05, 3.63) is 77.6 Å². The van der Waals surface area contributed by atoms with Crippen molar-refractivity contribution in [1.82, 2.24) is 9.97 Å². The molecular formula is C21H21N5O3S2. The maximum Gasteiger partial charge on any atom is 0.262 e. The highest BCUT2D eigenvalue weighted by Crippen LogP contribution is 2.25. The summed E-state index contributed by atoms with van der Waals surface area (Å²) in [5.74, 6) is 1.12. The average Bonchev–Trinajstić information content (AvgIpc) is 2.78. The van der Waals surface area contributed by atoms with Gasteiger partial charge in [-0.25, -0.2) is 23.2 Å². The summed E-state index contributed by atoms with van der Waals surface area (Å²) in [5.41, 5.74) is 1.44. The van der Waals surface area contributed by atoms with Crippen molar-refractivity contribution in [3.63, 3.8) is 0 Å². The number of thioether (sulfide) groups is 1. The van der Waals surface area contributed by atoms with Gasteiger partial charge in [-0.3, -0.25) is 4.72 Å². The molecule has 3 N–H and O–H groups in total. The minimum absolute atomic E-state index is 0.0234. The van der Waals surface area contributed by atoms with Crippen molar-refractivity contribution in [1.29, 1.82) is 0 Å². The molecule has 1 aromatic heterocycles. The fourth-order valence-electron chi connectivity index (χ4n) is 2.53. The van der Waals surface area contributed by atoms with Crippen LogP contribution in [0.15, 0.2) is 70.7 Å². The molecule has 0 aliphatic heterocycles. The van der Waals surface area contributed by atoms with Gasteiger partial charge < -0.3 is 10.4 Å². The van der Waals surface area contributed by atoms with Crippen molar-refractivity contribution < 1.29 is 13.5 Å². The predicted molar refractivity (Wildman–Crippen MR) is 122 cm³/mol. The number of sulfonamides is 1. The van der Waals surface area contributed by atoms with Gasteiger partial charge in [-0.2, -0.15) is 0 Å². The Labute approximate surface area is 185 Å². The molecule has 0 spiro atoms. The highest BCUT2D eigenvalue weighted by Gasteiger charge is 2.17. The maximum absolute atomic E-state index is 12.8. The van der Waals surface area contributed by atoms with Gasteiger partial charge in [-0.1, -0.05) is 66.4 Å². The van der Waals surface area contributed by atoms with E-state index in [4.69, 9.17) is 6.57 Å². The summed E-state index contributed by atoms with van der Waals surface area (Å²) in [6.45, 7) is 8.66. The number of rotatable bonds is 9. The van der Waals surface area contributed by atoms with E-state index in [1.54, 1.807) is 6.92 Å². The number of nitrogens with zero attached hydrogens (tertiary/aromatic N) is 3. The molecule has 0 fully saturated rings. The molecule has 8 nitrogen and oxygen atoms in total. The molecule has 3 rings (SSSR count). The molecule has 10 heteroatoms. The van der Waals surface area contributed by atoms with Crippen molar-refractivity contribution in [2.45, 2.75) is 28.8 Å². The first-order valence-electron chi connectivity index (χ1n) is 9.33. The second-order valence-corrected chi connectivity index (χ2v) is 9.26. The molecule has 1 atom stereocenters. The zero-order valence-electron chi connectivity index (χ0n) is 16.7. The fraction of sp³-hybridized carbons (Fsp3) is 0.190. The van der Waals surface area contributed by atoms with Gasteiger partial charge >= 0.3 is 0 Å². The lowest BCUT2D eigenvalue weighted by Gasteiger charge is -2.14. The first-order valence-corrected chi connectivity index (χ1v) is 11.8. The Morgan fingerprint density at radius 2 is 1.77 bits per heavy atom. The van der Waals surface area contributed by atoms with Crippen LogP contribution < -0.4 is 10.0 Å². The van der Waals surface area contributed by atoms with Crippen molar-refractivity contribution in [3.8, 4) is 0 Å². The summed E-state index contributed by atoms with van der Waals surface area (Å²) in [4.78, 5) is 12.0. The smallest absolute Gasteiger partial charge is 0.262 e. The zero-order chi connectivity index (χ0) is 22.3. The van der Waals surface area contributed by atoms with Gasteiger partial charge in [0.25, 0.3) is 10.0 Å². The lowest BCUT2D eigenvalue weighted by Crippen LogP contribution is -2.21. The highest BCUT2D eigenvalue weighted by molar-refractivity contribution is 7.98. The minimum Gasteiger partial charge on any atom is -0.394 e. The quantitative estimate of drug-likeness (QED) is 0.255. The molecule has 0 bridgehead atoms. The second kappa shape index (κ2) is 10.3. The number of aromatic nitrogens is 2. The SMILES string of the molecule is [C-]#[N+]c1ccc(S(=O)(=O)Nc2cc(N[C@H](C)CO)nc(SCc3ccccc3)n2)cc1. The number of aliphatic hydroxyl groups excluding tert-OH is 1. The van der Waals surface area contributed by atoms with E-state index in [1.807, 2.05) is 30.3 Å². The fourth-order valence-corrected chi connectivity index (χ4v) is 4.34. The maximum atomic E-state index is 12.8. The number of hydrogen-bond donors (Lipinski definition) is 3. The molecule has 0 saturated carbocycles. The van der Waals surface area contributed by atoms with Gasteiger partial charge in [0.15, 0.2) is 10.8 Å². The molecule has 0 unspecified atom stereocenters. The van der Waals surface area contributed by atoms with Crippen LogP contribution in [0.25, 0.3) is 4.85 Å². The van der Waals surface area contributed by atoms with E-state index in [0.717, 1.165) is 5.56 Å².